The molecular formula is C14H10S4Si. The van der Waals surface area contributed by atoms with Crippen LogP contribution >= 0.6 is 45.3 Å². The number of hydrogen-bond acceptors (Lipinski definition) is 4. The van der Waals surface area contributed by atoms with Crippen LogP contribution in [0.1, 0.15) is 0 Å². The quantitative estimate of drug-likeness (QED) is 0.395. The molecule has 0 unspecified atom stereocenters. The van der Waals surface area contributed by atoms with Crippen LogP contribution in [0.2, 0.25) is 13.1 Å². The Kier molecular flexibility index (Phi) is 2.01. The standard InChI is InChI=1S/C14H10S4Si/c1-19(2)13-9-7(3-5-15-9)17-11(13)12-14(19)10-8(18-12)4-6-16-10/h3-6H,1-2H3. The van der Waals surface area contributed by atoms with Gasteiger partial charge in [0.05, 0.1) is 0 Å². The van der Waals surface area contributed by atoms with Gasteiger partial charge in [0.1, 0.15) is 8.07 Å². The minimum atomic E-state index is -1.49. The van der Waals surface area contributed by atoms with E-state index in [1.54, 1.807) is 29.5 Å². The van der Waals surface area contributed by atoms with Crippen molar-refractivity contribution < 1.29 is 0 Å². The van der Waals surface area contributed by atoms with Crippen LogP contribution in [0, 0.1) is 0 Å². The number of thiophene rings is 4. The molecule has 5 heteroatoms. The van der Waals surface area contributed by atoms with Gasteiger partial charge in [0, 0.05) is 28.6 Å². The van der Waals surface area contributed by atoms with Crippen molar-refractivity contribution in [3.05, 3.63) is 22.9 Å². The molecule has 0 nitrogen and oxygen atoms in total. The molecule has 0 aliphatic carbocycles. The molecule has 0 amide bonds. The van der Waals surface area contributed by atoms with Gasteiger partial charge >= 0.3 is 0 Å². The van der Waals surface area contributed by atoms with E-state index >= 15 is 0 Å². The van der Waals surface area contributed by atoms with E-state index in [1.165, 1.54) is 9.40 Å². The van der Waals surface area contributed by atoms with E-state index in [0.29, 0.717) is 0 Å². The average molecular weight is 335 g/mol. The third-order valence-electron chi connectivity index (χ3n) is 4.05. The van der Waals surface area contributed by atoms with E-state index in [1.807, 2.05) is 45.3 Å². The van der Waals surface area contributed by atoms with Crippen LogP contribution in [0.25, 0.3) is 28.6 Å². The van der Waals surface area contributed by atoms with Crippen LogP contribution in [-0.2, 0) is 0 Å². The fourth-order valence-electron chi connectivity index (χ4n) is 3.23. The fourth-order valence-corrected chi connectivity index (χ4v) is 14.8. The molecule has 5 rings (SSSR count). The van der Waals surface area contributed by atoms with Crippen molar-refractivity contribution in [2.24, 2.45) is 0 Å². The highest BCUT2D eigenvalue weighted by Gasteiger charge is 2.44. The summed E-state index contributed by atoms with van der Waals surface area (Å²) in [7, 11) is -1.49. The molecule has 0 radical (unpaired) electrons. The summed E-state index contributed by atoms with van der Waals surface area (Å²) in [6.45, 7) is 5.07. The molecule has 19 heavy (non-hydrogen) atoms. The molecule has 4 aromatic rings. The van der Waals surface area contributed by atoms with Crippen molar-refractivity contribution in [2.75, 3.05) is 0 Å². The van der Waals surface area contributed by atoms with Gasteiger partial charge in [-0.25, -0.2) is 0 Å². The summed E-state index contributed by atoms with van der Waals surface area (Å²) >= 11 is 7.91. The molecule has 1 aliphatic heterocycles. The first-order chi connectivity index (χ1) is 9.18. The third-order valence-corrected chi connectivity index (χ3v) is 12.9. The van der Waals surface area contributed by atoms with Crippen LogP contribution in [0.15, 0.2) is 22.9 Å². The van der Waals surface area contributed by atoms with Crippen LogP contribution < -0.4 is 10.4 Å². The lowest BCUT2D eigenvalue weighted by molar-refractivity contribution is 1.91. The highest BCUT2D eigenvalue weighted by atomic mass is 32.1. The maximum atomic E-state index is 2.54. The third kappa shape index (κ3) is 1.19. The first-order valence-electron chi connectivity index (χ1n) is 6.19. The highest BCUT2D eigenvalue weighted by Crippen LogP contribution is 2.46. The Morgan fingerprint density at radius 2 is 1.26 bits per heavy atom. The lowest BCUT2D eigenvalue weighted by Crippen LogP contribution is -2.48. The Morgan fingerprint density at radius 1 is 0.789 bits per heavy atom. The van der Waals surface area contributed by atoms with E-state index in [-0.39, 0.29) is 0 Å². The Balaban J connectivity index is 2.02. The molecule has 0 saturated carbocycles. The Morgan fingerprint density at radius 3 is 1.74 bits per heavy atom. The smallest absolute Gasteiger partial charge is 0.119 e. The summed E-state index contributed by atoms with van der Waals surface area (Å²) in [6, 6.07) is 4.59. The van der Waals surface area contributed by atoms with Crippen LogP contribution in [-0.4, -0.2) is 8.07 Å². The second-order valence-corrected chi connectivity index (χ2v) is 13.7. The molecule has 0 N–H and O–H groups in total. The van der Waals surface area contributed by atoms with E-state index in [0.717, 1.165) is 0 Å². The van der Waals surface area contributed by atoms with Gasteiger partial charge in [-0.15, -0.1) is 45.3 Å². The van der Waals surface area contributed by atoms with E-state index < -0.39 is 8.07 Å². The van der Waals surface area contributed by atoms with Crippen LogP contribution in [0.5, 0.6) is 0 Å². The molecule has 0 aromatic carbocycles. The maximum Gasteiger partial charge on any atom is 0.119 e. The summed E-state index contributed by atoms with van der Waals surface area (Å²) in [5.41, 5.74) is 0. The summed E-state index contributed by atoms with van der Waals surface area (Å²) in [4.78, 5) is 3.20. The van der Waals surface area contributed by atoms with E-state index in [9.17, 15) is 0 Å². The molecule has 0 atom stereocenters. The zero-order valence-electron chi connectivity index (χ0n) is 10.4. The van der Waals surface area contributed by atoms with Crippen molar-refractivity contribution >= 4 is 82.6 Å². The molecule has 0 spiro atoms. The van der Waals surface area contributed by atoms with Gasteiger partial charge in [-0.05, 0) is 33.3 Å². The van der Waals surface area contributed by atoms with Gasteiger partial charge in [0.25, 0.3) is 0 Å². The van der Waals surface area contributed by atoms with Gasteiger partial charge in [-0.3, -0.25) is 0 Å². The highest BCUT2D eigenvalue weighted by molar-refractivity contribution is 7.40. The van der Waals surface area contributed by atoms with Crippen molar-refractivity contribution in [3.8, 4) is 9.75 Å². The molecule has 5 heterocycles. The Labute approximate surface area is 128 Å². The van der Waals surface area contributed by atoms with Gasteiger partial charge in [0.2, 0.25) is 0 Å². The predicted octanol–water partition coefficient (Wildman–Crippen LogP) is 5.04. The molecular weight excluding hydrogens is 325 g/mol. The topological polar surface area (TPSA) is 0 Å². The van der Waals surface area contributed by atoms with Crippen LogP contribution in [0.4, 0.5) is 0 Å². The van der Waals surface area contributed by atoms with E-state index in [4.69, 9.17) is 0 Å². The number of hydrogen-bond donors (Lipinski definition) is 0. The second kappa shape index (κ2) is 3.40. The molecule has 0 saturated heterocycles. The minimum absolute atomic E-state index is 1.49. The first-order valence-corrected chi connectivity index (χ1v) is 12.6. The summed E-state index contributed by atoms with van der Waals surface area (Å²) in [5.74, 6) is 0. The summed E-state index contributed by atoms with van der Waals surface area (Å²) in [6.07, 6.45) is 0. The lowest BCUT2D eigenvalue weighted by Gasteiger charge is -2.16. The number of fused-ring (bicyclic) bond motifs is 7. The maximum absolute atomic E-state index is 2.54. The molecule has 0 fully saturated rings. The zero-order chi connectivity index (χ0) is 12.8. The molecule has 94 valence electrons. The van der Waals surface area contributed by atoms with Gasteiger partial charge in [0.15, 0.2) is 0 Å². The van der Waals surface area contributed by atoms with Crippen LogP contribution in [0.3, 0.4) is 0 Å². The van der Waals surface area contributed by atoms with Gasteiger partial charge in [-0.1, -0.05) is 13.1 Å². The molecule has 0 bridgehead atoms. The monoisotopic (exact) mass is 334 g/mol. The normalized spacial score (nSPS) is 16.3. The van der Waals surface area contributed by atoms with Crippen molar-refractivity contribution in [2.45, 2.75) is 13.1 Å². The SMILES string of the molecule is C[Si]1(C)c2c(sc3ccsc23)-c2sc3ccsc3c21. The predicted molar refractivity (Wildman–Crippen MR) is 95.1 cm³/mol. The van der Waals surface area contributed by atoms with Crippen molar-refractivity contribution in [1.29, 1.82) is 0 Å². The van der Waals surface area contributed by atoms with Gasteiger partial charge < -0.3 is 0 Å². The lowest BCUT2D eigenvalue weighted by atomic mass is 10.4. The summed E-state index contributed by atoms with van der Waals surface area (Å²) < 4.78 is 6.14. The Hall–Kier alpha value is -0.463. The fraction of sp³-hybridized carbons (Fsp3) is 0.143. The van der Waals surface area contributed by atoms with Crippen molar-refractivity contribution in [1.82, 2.24) is 0 Å². The van der Waals surface area contributed by atoms with Crippen molar-refractivity contribution in [3.63, 3.8) is 0 Å². The minimum Gasteiger partial charge on any atom is -0.143 e. The van der Waals surface area contributed by atoms with E-state index in [2.05, 4.69) is 36.0 Å². The first kappa shape index (κ1) is 11.2. The Bertz CT molecular complexity index is 870. The summed E-state index contributed by atoms with van der Waals surface area (Å²) in [5, 5.41) is 7.94. The van der Waals surface area contributed by atoms with Gasteiger partial charge in [-0.2, -0.15) is 0 Å². The second-order valence-electron chi connectivity index (χ2n) is 5.47. The molecule has 1 aliphatic rings. The molecule has 4 aromatic heterocycles. The number of rotatable bonds is 0. The zero-order valence-corrected chi connectivity index (χ0v) is 14.7. The average Bonchev–Trinajstić information content (AvgIpc) is 3.05. The largest absolute Gasteiger partial charge is 0.143 e.